The Balaban J connectivity index is 2.86. The molecular weight excluding hydrogens is 293 g/mol. The number of anilines is 1. The molecule has 1 aromatic carbocycles. The quantitative estimate of drug-likeness (QED) is 0.861. The summed E-state index contributed by atoms with van der Waals surface area (Å²) in [6.45, 7) is -1.45. The molecule has 0 fully saturated rings. The molecule has 1 amide bonds. The predicted octanol–water partition coefficient (Wildman–Crippen LogP) is 1.62. The number of benzene rings is 1. The highest BCUT2D eigenvalue weighted by atomic mass is 19.4. The predicted molar refractivity (Wildman–Crippen MR) is 63.2 cm³/mol. The minimum Gasteiger partial charge on any atom is -0.480 e. The number of alkyl halides is 3. The Morgan fingerprint density at radius 1 is 1.33 bits per heavy atom. The van der Waals surface area contributed by atoms with Crippen molar-refractivity contribution in [1.82, 2.24) is 0 Å². The van der Waals surface area contributed by atoms with Gasteiger partial charge in [0.25, 0.3) is 0 Å². The molecular formula is C12H9F3N2O4. The van der Waals surface area contributed by atoms with Gasteiger partial charge in [0.05, 0.1) is 22.9 Å². The van der Waals surface area contributed by atoms with Gasteiger partial charge in [-0.3, -0.25) is 4.79 Å². The van der Waals surface area contributed by atoms with Crippen molar-refractivity contribution in [3.05, 3.63) is 29.3 Å². The first kappa shape index (κ1) is 16.5. The molecule has 0 aliphatic carbocycles. The number of carbonyl (C=O) groups is 2. The van der Waals surface area contributed by atoms with E-state index in [0.29, 0.717) is 6.07 Å². The molecule has 0 spiro atoms. The number of ether oxygens (including phenoxy) is 1. The van der Waals surface area contributed by atoms with Crippen LogP contribution in [0.2, 0.25) is 0 Å². The van der Waals surface area contributed by atoms with Gasteiger partial charge in [-0.25, -0.2) is 4.79 Å². The maximum absolute atomic E-state index is 12.8. The van der Waals surface area contributed by atoms with E-state index in [2.05, 4.69) is 4.74 Å². The van der Waals surface area contributed by atoms with Crippen LogP contribution in [0.5, 0.6) is 0 Å². The fourth-order valence-electron chi connectivity index (χ4n) is 1.37. The van der Waals surface area contributed by atoms with E-state index in [9.17, 15) is 22.8 Å². The van der Waals surface area contributed by atoms with Crippen molar-refractivity contribution in [3.63, 3.8) is 0 Å². The number of rotatable bonds is 5. The fraction of sp³-hybridized carbons (Fsp3) is 0.250. The van der Waals surface area contributed by atoms with E-state index in [1.807, 2.05) is 5.32 Å². The number of amides is 1. The Morgan fingerprint density at radius 2 is 2.00 bits per heavy atom. The Hall–Kier alpha value is -2.60. The summed E-state index contributed by atoms with van der Waals surface area (Å²) in [5, 5.41) is 18.8. The SMILES string of the molecule is N#Cc1ccc(NC(=O)COCC(=O)O)c(C(F)(F)F)c1. The van der Waals surface area contributed by atoms with Gasteiger partial charge in [0.2, 0.25) is 5.91 Å². The van der Waals surface area contributed by atoms with Gasteiger partial charge in [-0.2, -0.15) is 18.4 Å². The summed E-state index contributed by atoms with van der Waals surface area (Å²) in [5.41, 5.74) is -1.92. The molecule has 6 nitrogen and oxygen atoms in total. The second-order valence-electron chi connectivity index (χ2n) is 3.80. The fourth-order valence-corrected chi connectivity index (χ4v) is 1.37. The van der Waals surface area contributed by atoms with Crippen molar-refractivity contribution < 1.29 is 32.6 Å². The van der Waals surface area contributed by atoms with Gasteiger partial charge in [0.15, 0.2) is 0 Å². The lowest BCUT2D eigenvalue weighted by molar-refractivity contribution is -0.143. The molecule has 0 heterocycles. The molecule has 0 aliphatic heterocycles. The van der Waals surface area contributed by atoms with E-state index < -0.39 is 42.5 Å². The smallest absolute Gasteiger partial charge is 0.418 e. The molecule has 1 rings (SSSR count). The lowest BCUT2D eigenvalue weighted by Gasteiger charge is -2.14. The van der Waals surface area contributed by atoms with Crippen LogP contribution in [0.4, 0.5) is 18.9 Å². The van der Waals surface area contributed by atoms with Gasteiger partial charge >= 0.3 is 12.1 Å². The van der Waals surface area contributed by atoms with Crippen LogP contribution >= 0.6 is 0 Å². The first-order valence-electron chi connectivity index (χ1n) is 5.44. The minimum absolute atomic E-state index is 0.206. The summed E-state index contributed by atoms with van der Waals surface area (Å²) >= 11 is 0. The van der Waals surface area contributed by atoms with E-state index in [0.717, 1.165) is 12.1 Å². The molecule has 112 valence electrons. The van der Waals surface area contributed by atoms with Crippen LogP contribution in [0, 0.1) is 11.3 Å². The molecule has 0 radical (unpaired) electrons. The molecule has 0 aromatic heterocycles. The second-order valence-corrected chi connectivity index (χ2v) is 3.80. The van der Waals surface area contributed by atoms with Gasteiger partial charge < -0.3 is 15.2 Å². The topological polar surface area (TPSA) is 99.4 Å². The van der Waals surface area contributed by atoms with Gasteiger partial charge in [-0.15, -0.1) is 0 Å². The number of hydrogen-bond donors (Lipinski definition) is 2. The molecule has 1 aromatic rings. The van der Waals surface area contributed by atoms with Crippen molar-refractivity contribution in [2.45, 2.75) is 6.18 Å². The molecule has 0 saturated heterocycles. The van der Waals surface area contributed by atoms with Gasteiger partial charge in [0.1, 0.15) is 13.2 Å². The highest BCUT2D eigenvalue weighted by molar-refractivity contribution is 5.92. The third-order valence-electron chi connectivity index (χ3n) is 2.19. The molecule has 2 N–H and O–H groups in total. The Kier molecular flexibility index (Phi) is 5.26. The average Bonchev–Trinajstić information content (AvgIpc) is 2.37. The number of carboxylic acid groups (broad SMARTS) is 1. The maximum Gasteiger partial charge on any atom is 0.418 e. The summed E-state index contributed by atoms with van der Waals surface area (Å²) < 4.78 is 42.9. The van der Waals surface area contributed by atoms with Crippen LogP contribution in [-0.2, 0) is 20.5 Å². The largest absolute Gasteiger partial charge is 0.480 e. The molecule has 0 aliphatic rings. The first-order valence-corrected chi connectivity index (χ1v) is 5.44. The van der Waals surface area contributed by atoms with Crippen LogP contribution in [-0.4, -0.2) is 30.2 Å². The van der Waals surface area contributed by atoms with Crippen molar-refractivity contribution >= 4 is 17.6 Å². The van der Waals surface area contributed by atoms with E-state index in [1.54, 1.807) is 6.07 Å². The third-order valence-corrected chi connectivity index (χ3v) is 2.19. The van der Waals surface area contributed by atoms with Crippen LogP contribution in [0.1, 0.15) is 11.1 Å². The normalized spacial score (nSPS) is 10.8. The zero-order chi connectivity index (χ0) is 16.0. The summed E-state index contributed by atoms with van der Waals surface area (Å²) in [7, 11) is 0. The summed E-state index contributed by atoms with van der Waals surface area (Å²) in [6.07, 6.45) is -4.75. The highest BCUT2D eigenvalue weighted by Gasteiger charge is 2.34. The number of carbonyl (C=O) groups excluding carboxylic acids is 1. The zero-order valence-electron chi connectivity index (χ0n) is 10.4. The number of nitrogens with zero attached hydrogens (tertiary/aromatic N) is 1. The lowest BCUT2D eigenvalue weighted by Crippen LogP contribution is -2.22. The molecule has 0 atom stereocenters. The molecule has 0 unspecified atom stereocenters. The molecule has 9 heteroatoms. The van der Waals surface area contributed by atoms with Crippen LogP contribution in [0.15, 0.2) is 18.2 Å². The summed E-state index contributed by atoms with van der Waals surface area (Å²) in [5.74, 6) is -2.25. The van der Waals surface area contributed by atoms with Crippen molar-refractivity contribution in [2.24, 2.45) is 0 Å². The van der Waals surface area contributed by atoms with E-state index in [-0.39, 0.29) is 5.56 Å². The number of hydrogen-bond acceptors (Lipinski definition) is 4. The standard InChI is InChI=1S/C12H9F3N2O4/c13-12(14,15)8-3-7(4-16)1-2-9(8)17-10(18)5-21-6-11(19)20/h1-3H,5-6H2,(H,17,18)(H,19,20). The number of carboxylic acids is 1. The number of nitriles is 1. The number of halogens is 3. The van der Waals surface area contributed by atoms with Gasteiger partial charge in [0, 0.05) is 0 Å². The second kappa shape index (κ2) is 6.71. The Bertz CT molecular complexity index is 593. The van der Waals surface area contributed by atoms with Crippen molar-refractivity contribution in [1.29, 1.82) is 5.26 Å². The van der Waals surface area contributed by atoms with E-state index in [1.165, 1.54) is 0 Å². The highest BCUT2D eigenvalue weighted by Crippen LogP contribution is 2.35. The van der Waals surface area contributed by atoms with Crippen LogP contribution in [0.25, 0.3) is 0 Å². The molecule has 0 saturated carbocycles. The first-order chi connectivity index (χ1) is 9.74. The monoisotopic (exact) mass is 302 g/mol. The van der Waals surface area contributed by atoms with Crippen molar-refractivity contribution in [2.75, 3.05) is 18.5 Å². The van der Waals surface area contributed by atoms with Crippen molar-refractivity contribution in [3.8, 4) is 6.07 Å². The van der Waals surface area contributed by atoms with Gasteiger partial charge in [-0.05, 0) is 18.2 Å². The van der Waals surface area contributed by atoms with E-state index in [4.69, 9.17) is 10.4 Å². The van der Waals surface area contributed by atoms with Crippen LogP contribution < -0.4 is 5.32 Å². The van der Waals surface area contributed by atoms with E-state index >= 15 is 0 Å². The average molecular weight is 302 g/mol. The number of nitrogens with one attached hydrogen (secondary N) is 1. The minimum atomic E-state index is -4.75. The van der Waals surface area contributed by atoms with Gasteiger partial charge in [-0.1, -0.05) is 0 Å². The third kappa shape index (κ3) is 5.12. The number of aliphatic carboxylic acids is 1. The zero-order valence-corrected chi connectivity index (χ0v) is 10.4. The summed E-state index contributed by atoms with van der Waals surface area (Å²) in [4.78, 5) is 21.5. The lowest BCUT2D eigenvalue weighted by atomic mass is 10.1. The van der Waals surface area contributed by atoms with Crippen LogP contribution in [0.3, 0.4) is 0 Å². The Labute approximate surface area is 116 Å². The Morgan fingerprint density at radius 3 is 2.52 bits per heavy atom. The molecule has 21 heavy (non-hydrogen) atoms. The summed E-state index contributed by atoms with van der Waals surface area (Å²) in [6, 6.07) is 4.22. The maximum atomic E-state index is 12.8. The molecule has 0 bridgehead atoms.